The second kappa shape index (κ2) is 12.2. The number of guanidine groups is 1. The lowest BCUT2D eigenvalue weighted by Gasteiger charge is -2.10. The van der Waals surface area contributed by atoms with Crippen LogP contribution in [0.4, 0.5) is 0 Å². The van der Waals surface area contributed by atoms with Crippen molar-refractivity contribution in [3.05, 3.63) is 41.9 Å². The van der Waals surface area contributed by atoms with Gasteiger partial charge in [0.1, 0.15) is 0 Å². The van der Waals surface area contributed by atoms with Crippen LogP contribution >= 0.6 is 35.7 Å². The van der Waals surface area contributed by atoms with Gasteiger partial charge in [0.05, 0.1) is 12.7 Å². The van der Waals surface area contributed by atoms with E-state index >= 15 is 0 Å². The molecule has 0 unspecified atom stereocenters. The highest BCUT2D eigenvalue weighted by atomic mass is 127. The van der Waals surface area contributed by atoms with Crippen molar-refractivity contribution in [2.24, 2.45) is 4.99 Å². The van der Waals surface area contributed by atoms with E-state index in [1.807, 2.05) is 23.9 Å². The summed E-state index contributed by atoms with van der Waals surface area (Å²) in [6.07, 6.45) is 6.25. The van der Waals surface area contributed by atoms with Crippen LogP contribution in [0.3, 0.4) is 0 Å². The number of thioether (sulfide) groups is 1. The van der Waals surface area contributed by atoms with Gasteiger partial charge in [-0.1, -0.05) is 29.8 Å². The Kier molecular flexibility index (Phi) is 10.6. The van der Waals surface area contributed by atoms with E-state index in [1.165, 1.54) is 17.7 Å². The van der Waals surface area contributed by atoms with E-state index in [1.54, 1.807) is 13.2 Å². The Balaban J connectivity index is 0.00000312. The molecule has 2 aromatic rings. The highest BCUT2D eigenvalue weighted by molar-refractivity contribution is 14.0. The molecule has 1 aromatic carbocycles. The molecule has 1 heterocycles. The van der Waals surface area contributed by atoms with Crippen molar-refractivity contribution in [2.75, 3.05) is 25.6 Å². The van der Waals surface area contributed by atoms with Gasteiger partial charge in [-0.2, -0.15) is 11.8 Å². The molecule has 1 aromatic heterocycles. The summed E-state index contributed by atoms with van der Waals surface area (Å²) in [6, 6.07) is 8.22. The molecule has 0 saturated carbocycles. The average molecular weight is 474 g/mol. The van der Waals surface area contributed by atoms with Crippen LogP contribution in [0.2, 0.25) is 0 Å². The summed E-state index contributed by atoms with van der Waals surface area (Å²) in [4.78, 5) is 8.54. The van der Waals surface area contributed by atoms with Gasteiger partial charge in [-0.3, -0.25) is 4.99 Å². The lowest BCUT2D eigenvalue weighted by molar-refractivity contribution is 0.497. The van der Waals surface area contributed by atoms with Crippen LogP contribution < -0.4 is 10.6 Å². The zero-order valence-corrected chi connectivity index (χ0v) is 18.2. The zero-order valence-electron chi connectivity index (χ0n) is 15.0. The third kappa shape index (κ3) is 7.68. The van der Waals surface area contributed by atoms with E-state index in [4.69, 9.17) is 4.42 Å². The average Bonchev–Trinajstić information content (AvgIpc) is 3.07. The minimum atomic E-state index is 0. The summed E-state index contributed by atoms with van der Waals surface area (Å²) >= 11 is 1.88. The van der Waals surface area contributed by atoms with Crippen molar-refractivity contribution in [3.63, 3.8) is 0 Å². The number of rotatable bonds is 8. The van der Waals surface area contributed by atoms with Gasteiger partial charge in [0.15, 0.2) is 11.7 Å². The number of unbranched alkanes of at least 4 members (excludes halogenated alkanes) is 1. The molecule has 0 bridgehead atoms. The fraction of sp³-hybridized carbons (Fsp3) is 0.444. The summed E-state index contributed by atoms with van der Waals surface area (Å²) in [7, 11) is 1.77. The molecular formula is C18H27IN4OS. The smallest absolute Gasteiger partial charge is 0.214 e. The zero-order chi connectivity index (χ0) is 17.2. The number of hydrogen-bond acceptors (Lipinski definition) is 4. The van der Waals surface area contributed by atoms with Gasteiger partial charge < -0.3 is 15.1 Å². The lowest BCUT2D eigenvalue weighted by Crippen LogP contribution is -2.37. The summed E-state index contributed by atoms with van der Waals surface area (Å²) in [5.41, 5.74) is 2.27. The summed E-state index contributed by atoms with van der Waals surface area (Å²) in [5, 5.41) is 6.53. The Bertz CT molecular complexity index is 643. The number of nitrogens with one attached hydrogen (secondary N) is 2. The molecule has 0 saturated heterocycles. The largest absolute Gasteiger partial charge is 0.439 e. The van der Waals surface area contributed by atoms with Gasteiger partial charge in [0.2, 0.25) is 5.89 Å². The van der Waals surface area contributed by atoms with Crippen LogP contribution in [-0.4, -0.2) is 36.5 Å². The van der Waals surface area contributed by atoms with Crippen molar-refractivity contribution >= 4 is 41.7 Å². The van der Waals surface area contributed by atoms with Crippen LogP contribution in [0.15, 0.2) is 39.9 Å². The minimum absolute atomic E-state index is 0. The van der Waals surface area contributed by atoms with E-state index in [2.05, 4.69) is 45.9 Å². The third-order valence-electron chi connectivity index (χ3n) is 3.59. The number of aliphatic imine (C=N–C) groups is 1. The molecule has 138 valence electrons. The lowest BCUT2D eigenvalue weighted by atomic mass is 10.1. The van der Waals surface area contributed by atoms with Crippen molar-refractivity contribution in [2.45, 2.75) is 26.3 Å². The molecule has 2 rings (SSSR count). The Morgan fingerprint density at radius 3 is 2.64 bits per heavy atom. The molecule has 5 nitrogen and oxygen atoms in total. The molecule has 2 N–H and O–H groups in total. The number of benzene rings is 1. The third-order valence-corrected chi connectivity index (χ3v) is 4.28. The van der Waals surface area contributed by atoms with E-state index in [9.17, 15) is 0 Å². The standard InChI is InChI=1S/C18H26N4OS.HI/c1-14-6-8-15(9-7-14)16-12-21-17(23-16)13-22-18(19-2)20-10-4-5-11-24-3;/h6-9,12H,4-5,10-11,13H2,1-3H3,(H2,19,20,22);1H. The normalized spacial score (nSPS) is 11.1. The Morgan fingerprint density at radius 2 is 1.96 bits per heavy atom. The Morgan fingerprint density at radius 1 is 1.20 bits per heavy atom. The number of oxazole rings is 1. The van der Waals surface area contributed by atoms with Crippen LogP contribution in [0.25, 0.3) is 11.3 Å². The Hall–Kier alpha value is -1.22. The number of aryl methyl sites for hydroxylation is 1. The molecule has 0 atom stereocenters. The van der Waals surface area contributed by atoms with Crippen LogP contribution in [0.1, 0.15) is 24.3 Å². The molecule has 0 fully saturated rings. The van der Waals surface area contributed by atoms with Crippen LogP contribution in [0, 0.1) is 6.92 Å². The molecule has 0 aliphatic carbocycles. The predicted molar refractivity (Wildman–Crippen MR) is 118 cm³/mol. The number of hydrogen-bond donors (Lipinski definition) is 2. The van der Waals surface area contributed by atoms with Gasteiger partial charge >= 0.3 is 0 Å². The summed E-state index contributed by atoms with van der Waals surface area (Å²) < 4.78 is 5.80. The van der Waals surface area contributed by atoms with Gasteiger partial charge in [-0.05, 0) is 31.8 Å². The molecule has 0 amide bonds. The molecule has 0 aliphatic heterocycles. The first kappa shape index (κ1) is 21.8. The first-order valence-electron chi connectivity index (χ1n) is 8.18. The van der Waals surface area contributed by atoms with E-state index in [0.29, 0.717) is 12.4 Å². The maximum atomic E-state index is 5.80. The van der Waals surface area contributed by atoms with E-state index in [0.717, 1.165) is 30.2 Å². The summed E-state index contributed by atoms with van der Waals surface area (Å²) in [6.45, 7) is 3.50. The first-order valence-corrected chi connectivity index (χ1v) is 9.57. The first-order chi connectivity index (χ1) is 11.7. The van der Waals surface area contributed by atoms with Gasteiger partial charge in [-0.15, -0.1) is 24.0 Å². The monoisotopic (exact) mass is 474 g/mol. The maximum absolute atomic E-state index is 5.80. The van der Waals surface area contributed by atoms with Gasteiger partial charge in [-0.25, -0.2) is 4.98 Å². The van der Waals surface area contributed by atoms with Crippen LogP contribution in [0.5, 0.6) is 0 Å². The SMILES string of the molecule is CN=C(NCCCCSC)NCc1ncc(-c2ccc(C)cc2)o1.I. The Labute approximate surface area is 171 Å². The number of aromatic nitrogens is 1. The van der Waals surface area contributed by atoms with E-state index < -0.39 is 0 Å². The molecule has 25 heavy (non-hydrogen) atoms. The van der Waals surface area contributed by atoms with E-state index in [-0.39, 0.29) is 24.0 Å². The van der Waals surface area contributed by atoms with Crippen molar-refractivity contribution in [1.82, 2.24) is 15.6 Å². The van der Waals surface area contributed by atoms with Gasteiger partial charge in [0.25, 0.3) is 0 Å². The fourth-order valence-electron chi connectivity index (χ4n) is 2.20. The molecule has 0 aliphatic rings. The topological polar surface area (TPSA) is 62.5 Å². The predicted octanol–water partition coefficient (Wildman–Crippen LogP) is 4.08. The second-order valence-corrected chi connectivity index (χ2v) is 6.52. The molecular weight excluding hydrogens is 447 g/mol. The van der Waals surface area contributed by atoms with Crippen molar-refractivity contribution in [1.29, 1.82) is 0 Å². The molecule has 0 spiro atoms. The van der Waals surface area contributed by atoms with Crippen molar-refractivity contribution in [3.8, 4) is 11.3 Å². The number of nitrogens with zero attached hydrogens (tertiary/aromatic N) is 2. The minimum Gasteiger partial charge on any atom is -0.439 e. The second-order valence-electron chi connectivity index (χ2n) is 5.54. The molecule has 0 radical (unpaired) electrons. The van der Waals surface area contributed by atoms with Gasteiger partial charge in [0, 0.05) is 19.2 Å². The highest BCUT2D eigenvalue weighted by Crippen LogP contribution is 2.20. The maximum Gasteiger partial charge on any atom is 0.214 e. The number of halogens is 1. The van der Waals surface area contributed by atoms with Crippen LogP contribution in [-0.2, 0) is 6.54 Å². The summed E-state index contributed by atoms with van der Waals surface area (Å²) in [5.74, 6) is 3.41. The quantitative estimate of drug-likeness (QED) is 0.261. The highest BCUT2D eigenvalue weighted by Gasteiger charge is 2.07. The molecule has 7 heteroatoms. The fourth-order valence-corrected chi connectivity index (χ4v) is 2.69. The van der Waals surface area contributed by atoms with Crippen molar-refractivity contribution < 1.29 is 4.42 Å².